The van der Waals surface area contributed by atoms with E-state index < -0.39 is 0 Å². The van der Waals surface area contributed by atoms with Gasteiger partial charge >= 0.3 is 0 Å². The van der Waals surface area contributed by atoms with Crippen LogP contribution in [0.5, 0.6) is 5.75 Å². The van der Waals surface area contributed by atoms with E-state index in [1.807, 2.05) is 37.3 Å². The highest BCUT2D eigenvalue weighted by atomic mass is 79.9. The summed E-state index contributed by atoms with van der Waals surface area (Å²) in [6.07, 6.45) is 0.867. The van der Waals surface area contributed by atoms with E-state index in [1.165, 1.54) is 5.56 Å². The average molecular weight is 320 g/mol. The first-order valence-corrected chi connectivity index (χ1v) is 7.15. The van der Waals surface area contributed by atoms with Crippen LogP contribution < -0.4 is 10.5 Å². The second-order valence-electron chi connectivity index (χ2n) is 4.71. The van der Waals surface area contributed by atoms with Crippen molar-refractivity contribution in [2.75, 3.05) is 0 Å². The van der Waals surface area contributed by atoms with Gasteiger partial charge in [0.1, 0.15) is 12.4 Å². The quantitative estimate of drug-likeness (QED) is 0.906. The van der Waals surface area contributed by atoms with Crippen molar-refractivity contribution >= 4 is 15.9 Å². The Hall–Kier alpha value is -1.32. The highest BCUT2D eigenvalue weighted by Crippen LogP contribution is 2.20. The molecule has 2 N–H and O–H groups in total. The Balaban J connectivity index is 2.02. The first kappa shape index (κ1) is 14.1. The molecular formula is C16H18BrNO. The summed E-state index contributed by atoms with van der Waals surface area (Å²) in [5, 5.41) is 0. The molecule has 2 rings (SSSR count). The number of benzene rings is 2. The van der Waals surface area contributed by atoms with Crippen LogP contribution in [0.25, 0.3) is 0 Å². The van der Waals surface area contributed by atoms with E-state index in [-0.39, 0.29) is 6.04 Å². The first-order chi connectivity index (χ1) is 9.15. The second-order valence-corrected chi connectivity index (χ2v) is 5.56. The van der Waals surface area contributed by atoms with Gasteiger partial charge in [0.25, 0.3) is 0 Å². The van der Waals surface area contributed by atoms with Crippen molar-refractivity contribution in [2.24, 2.45) is 5.73 Å². The number of hydrogen-bond donors (Lipinski definition) is 1. The van der Waals surface area contributed by atoms with Gasteiger partial charge in [-0.1, -0.05) is 46.3 Å². The van der Waals surface area contributed by atoms with Gasteiger partial charge in [-0.3, -0.25) is 0 Å². The van der Waals surface area contributed by atoms with Gasteiger partial charge in [-0.15, -0.1) is 0 Å². The van der Waals surface area contributed by atoms with Crippen molar-refractivity contribution in [3.05, 3.63) is 64.1 Å². The van der Waals surface area contributed by atoms with E-state index in [9.17, 15) is 0 Å². The standard InChI is InChI=1S/C16H18BrNO/c1-12(18)9-13-5-4-7-15(10-13)19-11-14-6-2-3-8-16(14)17/h2-8,10,12H,9,11,18H2,1H3. The minimum atomic E-state index is 0.165. The van der Waals surface area contributed by atoms with Gasteiger partial charge in [-0.25, -0.2) is 0 Å². The molecule has 0 bridgehead atoms. The monoisotopic (exact) mass is 319 g/mol. The Kier molecular flexibility index (Phi) is 5.00. The molecule has 0 aliphatic carbocycles. The molecule has 0 aromatic heterocycles. The Bertz CT molecular complexity index is 540. The zero-order valence-electron chi connectivity index (χ0n) is 11.0. The molecule has 1 unspecified atom stereocenters. The van der Waals surface area contributed by atoms with Crippen LogP contribution in [0.4, 0.5) is 0 Å². The van der Waals surface area contributed by atoms with Crippen molar-refractivity contribution in [3.8, 4) is 5.75 Å². The van der Waals surface area contributed by atoms with Crippen LogP contribution in [0, 0.1) is 0 Å². The maximum absolute atomic E-state index is 5.82. The summed E-state index contributed by atoms with van der Waals surface area (Å²) in [7, 11) is 0. The second kappa shape index (κ2) is 6.73. The third kappa shape index (κ3) is 4.37. The third-order valence-electron chi connectivity index (χ3n) is 2.81. The van der Waals surface area contributed by atoms with Crippen molar-refractivity contribution < 1.29 is 4.74 Å². The lowest BCUT2D eigenvalue weighted by atomic mass is 10.1. The van der Waals surface area contributed by atoms with Gasteiger partial charge in [0.05, 0.1) is 0 Å². The van der Waals surface area contributed by atoms with Gasteiger partial charge in [0, 0.05) is 16.1 Å². The Labute approximate surface area is 122 Å². The number of nitrogens with two attached hydrogens (primary N) is 1. The predicted molar refractivity (Wildman–Crippen MR) is 82.3 cm³/mol. The number of hydrogen-bond acceptors (Lipinski definition) is 2. The molecule has 0 heterocycles. The van der Waals surface area contributed by atoms with Gasteiger partial charge in [0.2, 0.25) is 0 Å². The van der Waals surface area contributed by atoms with Crippen molar-refractivity contribution in [1.82, 2.24) is 0 Å². The molecule has 0 amide bonds. The van der Waals surface area contributed by atoms with Gasteiger partial charge in [-0.2, -0.15) is 0 Å². The highest BCUT2D eigenvalue weighted by molar-refractivity contribution is 9.10. The maximum atomic E-state index is 5.82. The summed E-state index contributed by atoms with van der Waals surface area (Å²) >= 11 is 3.52. The van der Waals surface area contributed by atoms with E-state index in [4.69, 9.17) is 10.5 Å². The van der Waals surface area contributed by atoms with E-state index in [1.54, 1.807) is 0 Å². The lowest BCUT2D eigenvalue weighted by molar-refractivity contribution is 0.305. The van der Waals surface area contributed by atoms with Crippen LogP contribution >= 0.6 is 15.9 Å². The average Bonchev–Trinajstić information content (AvgIpc) is 2.37. The van der Waals surface area contributed by atoms with Crippen LogP contribution in [0.1, 0.15) is 18.1 Å². The lowest BCUT2D eigenvalue weighted by Crippen LogP contribution is -2.17. The third-order valence-corrected chi connectivity index (χ3v) is 3.58. The molecule has 100 valence electrons. The minimum absolute atomic E-state index is 0.165. The fourth-order valence-electron chi connectivity index (χ4n) is 1.91. The molecule has 2 aromatic carbocycles. The summed E-state index contributed by atoms with van der Waals surface area (Å²) in [6.45, 7) is 2.57. The summed E-state index contributed by atoms with van der Waals surface area (Å²) in [6, 6.07) is 16.4. The largest absolute Gasteiger partial charge is 0.489 e. The molecule has 2 aromatic rings. The fourth-order valence-corrected chi connectivity index (χ4v) is 2.31. The topological polar surface area (TPSA) is 35.2 Å². The molecule has 0 saturated carbocycles. The van der Waals surface area contributed by atoms with E-state index >= 15 is 0 Å². The molecule has 0 fully saturated rings. The zero-order valence-corrected chi connectivity index (χ0v) is 12.6. The van der Waals surface area contributed by atoms with Crippen LogP contribution in [0.15, 0.2) is 53.0 Å². The Morgan fingerprint density at radius 1 is 1.16 bits per heavy atom. The highest BCUT2D eigenvalue weighted by Gasteiger charge is 2.02. The predicted octanol–water partition coefficient (Wildman–Crippen LogP) is 3.92. The SMILES string of the molecule is CC(N)Cc1cccc(OCc2ccccc2Br)c1. The molecule has 0 saturated heterocycles. The van der Waals surface area contributed by atoms with Crippen LogP contribution in [-0.2, 0) is 13.0 Å². The van der Waals surface area contributed by atoms with Crippen LogP contribution in [0.3, 0.4) is 0 Å². The van der Waals surface area contributed by atoms with Crippen molar-refractivity contribution in [1.29, 1.82) is 0 Å². The Morgan fingerprint density at radius 3 is 2.68 bits per heavy atom. The minimum Gasteiger partial charge on any atom is -0.489 e. The number of halogens is 1. The fraction of sp³-hybridized carbons (Fsp3) is 0.250. The molecule has 2 nitrogen and oxygen atoms in total. The van der Waals surface area contributed by atoms with E-state index in [0.29, 0.717) is 6.61 Å². The zero-order chi connectivity index (χ0) is 13.7. The normalized spacial score (nSPS) is 12.2. The van der Waals surface area contributed by atoms with Gasteiger partial charge in [-0.05, 0) is 37.1 Å². The van der Waals surface area contributed by atoms with E-state index in [0.717, 1.165) is 22.2 Å². The van der Waals surface area contributed by atoms with Crippen LogP contribution in [0.2, 0.25) is 0 Å². The molecule has 0 radical (unpaired) electrons. The summed E-state index contributed by atoms with van der Waals surface area (Å²) < 4.78 is 6.90. The van der Waals surface area contributed by atoms with Gasteiger partial charge < -0.3 is 10.5 Å². The molecule has 3 heteroatoms. The summed E-state index contributed by atoms with van der Waals surface area (Å²) in [5.74, 6) is 0.883. The van der Waals surface area contributed by atoms with E-state index in [2.05, 4.69) is 34.1 Å². The number of rotatable bonds is 5. The van der Waals surface area contributed by atoms with Crippen LogP contribution in [-0.4, -0.2) is 6.04 Å². The molecule has 0 aliphatic heterocycles. The molecule has 19 heavy (non-hydrogen) atoms. The van der Waals surface area contributed by atoms with Crippen molar-refractivity contribution in [3.63, 3.8) is 0 Å². The summed E-state index contributed by atoms with van der Waals surface area (Å²) in [5.41, 5.74) is 8.16. The lowest BCUT2D eigenvalue weighted by Gasteiger charge is -2.10. The summed E-state index contributed by atoms with van der Waals surface area (Å²) in [4.78, 5) is 0. The molecule has 1 atom stereocenters. The van der Waals surface area contributed by atoms with Gasteiger partial charge in [0.15, 0.2) is 0 Å². The van der Waals surface area contributed by atoms with Crippen molar-refractivity contribution in [2.45, 2.75) is 26.0 Å². The molecular weight excluding hydrogens is 302 g/mol. The molecule has 0 spiro atoms. The number of ether oxygens (including phenoxy) is 1. The Morgan fingerprint density at radius 2 is 1.95 bits per heavy atom. The molecule has 0 aliphatic rings. The maximum Gasteiger partial charge on any atom is 0.120 e. The smallest absolute Gasteiger partial charge is 0.120 e. The first-order valence-electron chi connectivity index (χ1n) is 6.36.